The predicted octanol–water partition coefficient (Wildman–Crippen LogP) is 3.85. The Hall–Kier alpha value is -1.61. The first-order chi connectivity index (χ1) is 13.1. The van der Waals surface area contributed by atoms with E-state index in [-0.39, 0.29) is 4.21 Å². The number of hydrogen-bond acceptors (Lipinski definition) is 6. The van der Waals surface area contributed by atoms with E-state index in [1.807, 2.05) is 6.07 Å². The van der Waals surface area contributed by atoms with E-state index in [4.69, 9.17) is 16.3 Å². The van der Waals surface area contributed by atoms with Gasteiger partial charge in [0.1, 0.15) is 16.6 Å². The van der Waals surface area contributed by atoms with Crippen LogP contribution in [-0.4, -0.2) is 48.7 Å². The molecular weight excluding hydrogens is 406 g/mol. The summed E-state index contributed by atoms with van der Waals surface area (Å²) < 4.78 is 33.3. The summed E-state index contributed by atoms with van der Waals surface area (Å²) in [5.41, 5.74) is 0.495. The standard InChI is InChI=1S/C18H20ClN3O3S2/c19-17-7-8-18(26-17)27(23,24)22-15-5-4-6-16(14(15)13-20-22)25-12-11-21-9-2-1-3-10-21/h4-8,13H,1-3,9-12H2. The van der Waals surface area contributed by atoms with Gasteiger partial charge in [0.25, 0.3) is 10.0 Å². The highest BCUT2D eigenvalue weighted by atomic mass is 35.5. The fraction of sp³-hybridized carbons (Fsp3) is 0.389. The van der Waals surface area contributed by atoms with Crippen molar-refractivity contribution in [1.29, 1.82) is 0 Å². The molecule has 0 N–H and O–H groups in total. The molecule has 6 nitrogen and oxygen atoms in total. The summed E-state index contributed by atoms with van der Waals surface area (Å²) in [5, 5.41) is 4.80. The Morgan fingerprint density at radius 1 is 1.15 bits per heavy atom. The minimum absolute atomic E-state index is 0.161. The van der Waals surface area contributed by atoms with E-state index in [1.165, 1.54) is 25.3 Å². The van der Waals surface area contributed by atoms with Crippen molar-refractivity contribution in [3.05, 3.63) is 40.9 Å². The molecule has 0 bridgehead atoms. The molecule has 0 atom stereocenters. The number of nitrogens with zero attached hydrogens (tertiary/aromatic N) is 3. The second-order valence-electron chi connectivity index (χ2n) is 6.49. The molecule has 0 unspecified atom stereocenters. The van der Waals surface area contributed by atoms with Gasteiger partial charge in [-0.05, 0) is 50.2 Å². The van der Waals surface area contributed by atoms with Gasteiger partial charge in [0.05, 0.1) is 21.4 Å². The lowest BCUT2D eigenvalue weighted by Crippen LogP contribution is -2.33. The highest BCUT2D eigenvalue weighted by molar-refractivity contribution is 7.92. The van der Waals surface area contributed by atoms with Gasteiger partial charge in [0, 0.05) is 6.54 Å². The third kappa shape index (κ3) is 3.85. The minimum Gasteiger partial charge on any atom is -0.491 e. The van der Waals surface area contributed by atoms with Crippen molar-refractivity contribution in [2.75, 3.05) is 26.2 Å². The average Bonchev–Trinajstić information content (AvgIpc) is 3.30. The van der Waals surface area contributed by atoms with Gasteiger partial charge in [-0.15, -0.1) is 11.3 Å². The number of hydrogen-bond donors (Lipinski definition) is 0. The first kappa shape index (κ1) is 18.7. The SMILES string of the molecule is O=S(=O)(c1ccc(Cl)s1)n1ncc2c(OCCN3CCCCC3)cccc21. The maximum atomic E-state index is 12.9. The van der Waals surface area contributed by atoms with Gasteiger partial charge in [-0.1, -0.05) is 24.1 Å². The van der Waals surface area contributed by atoms with E-state index in [2.05, 4.69) is 10.00 Å². The van der Waals surface area contributed by atoms with Crippen molar-refractivity contribution in [3.63, 3.8) is 0 Å². The number of piperidine rings is 1. The summed E-state index contributed by atoms with van der Waals surface area (Å²) in [4.78, 5) is 2.40. The number of likely N-dealkylation sites (tertiary alicyclic amines) is 1. The van der Waals surface area contributed by atoms with Crippen LogP contribution in [0.4, 0.5) is 0 Å². The lowest BCUT2D eigenvalue weighted by atomic mass is 10.1. The Morgan fingerprint density at radius 2 is 1.96 bits per heavy atom. The quantitative estimate of drug-likeness (QED) is 0.600. The molecule has 4 rings (SSSR count). The number of halogens is 1. The number of rotatable bonds is 6. The molecule has 1 saturated heterocycles. The van der Waals surface area contributed by atoms with Crippen LogP contribution in [-0.2, 0) is 10.0 Å². The normalized spacial score (nSPS) is 16.0. The molecule has 1 aromatic carbocycles. The lowest BCUT2D eigenvalue weighted by molar-refractivity contribution is 0.184. The predicted molar refractivity (Wildman–Crippen MR) is 107 cm³/mol. The molecule has 0 saturated carbocycles. The summed E-state index contributed by atoms with van der Waals surface area (Å²) in [7, 11) is -3.78. The van der Waals surface area contributed by atoms with E-state index >= 15 is 0 Å². The van der Waals surface area contributed by atoms with Crippen LogP contribution in [0.3, 0.4) is 0 Å². The van der Waals surface area contributed by atoms with E-state index in [1.54, 1.807) is 24.4 Å². The summed E-state index contributed by atoms with van der Waals surface area (Å²) in [6, 6.07) is 8.42. The summed E-state index contributed by atoms with van der Waals surface area (Å²) in [6.07, 6.45) is 5.33. The largest absolute Gasteiger partial charge is 0.491 e. The Bertz CT molecular complexity index is 1040. The third-order valence-electron chi connectivity index (χ3n) is 4.69. The van der Waals surface area contributed by atoms with Crippen LogP contribution in [0.25, 0.3) is 10.9 Å². The average molecular weight is 426 g/mol. The fourth-order valence-corrected chi connectivity index (χ4v) is 6.12. The van der Waals surface area contributed by atoms with E-state index in [0.717, 1.165) is 35.1 Å². The molecule has 2 aromatic heterocycles. The molecule has 0 aliphatic carbocycles. The zero-order valence-corrected chi connectivity index (χ0v) is 17.1. The molecule has 1 aliphatic heterocycles. The van der Waals surface area contributed by atoms with Gasteiger partial charge in [-0.25, -0.2) is 0 Å². The van der Waals surface area contributed by atoms with E-state index in [9.17, 15) is 8.42 Å². The molecular formula is C18H20ClN3O3S2. The molecule has 0 amide bonds. The highest BCUT2D eigenvalue weighted by Crippen LogP contribution is 2.31. The van der Waals surface area contributed by atoms with Gasteiger partial charge < -0.3 is 4.74 Å². The molecule has 0 spiro atoms. The van der Waals surface area contributed by atoms with Crippen LogP contribution in [0.15, 0.2) is 40.7 Å². The van der Waals surface area contributed by atoms with Crippen molar-refractivity contribution in [2.45, 2.75) is 23.5 Å². The van der Waals surface area contributed by atoms with Gasteiger partial charge in [0.15, 0.2) is 0 Å². The van der Waals surface area contributed by atoms with Crippen molar-refractivity contribution in [3.8, 4) is 5.75 Å². The molecule has 3 aromatic rings. The summed E-state index contributed by atoms with van der Waals surface area (Å²) in [6.45, 7) is 3.67. The van der Waals surface area contributed by atoms with Crippen molar-refractivity contribution >= 4 is 43.9 Å². The van der Waals surface area contributed by atoms with Gasteiger partial charge >= 0.3 is 0 Å². The van der Waals surface area contributed by atoms with E-state index < -0.39 is 10.0 Å². The summed E-state index contributed by atoms with van der Waals surface area (Å²) >= 11 is 6.91. The monoisotopic (exact) mass is 425 g/mol. The van der Waals surface area contributed by atoms with Gasteiger partial charge in [-0.3, -0.25) is 4.90 Å². The first-order valence-electron chi connectivity index (χ1n) is 8.88. The van der Waals surface area contributed by atoms with Crippen LogP contribution < -0.4 is 4.74 Å². The Morgan fingerprint density at radius 3 is 2.70 bits per heavy atom. The fourth-order valence-electron chi connectivity index (χ4n) is 3.31. The molecule has 144 valence electrons. The van der Waals surface area contributed by atoms with Crippen LogP contribution >= 0.6 is 22.9 Å². The molecule has 3 heterocycles. The zero-order chi connectivity index (χ0) is 18.9. The van der Waals surface area contributed by atoms with Crippen molar-refractivity contribution in [1.82, 2.24) is 14.1 Å². The Kier molecular flexibility index (Phi) is 5.41. The smallest absolute Gasteiger partial charge is 0.293 e. The van der Waals surface area contributed by atoms with Gasteiger partial charge in [0.2, 0.25) is 0 Å². The Balaban J connectivity index is 1.56. The topological polar surface area (TPSA) is 64.4 Å². The van der Waals surface area contributed by atoms with Crippen molar-refractivity contribution in [2.24, 2.45) is 0 Å². The molecule has 0 radical (unpaired) electrons. The molecule has 1 fully saturated rings. The second-order valence-corrected chi connectivity index (χ2v) is 10.2. The van der Waals surface area contributed by atoms with E-state index in [0.29, 0.717) is 27.6 Å². The number of ether oxygens (including phenoxy) is 1. The van der Waals surface area contributed by atoms with Crippen LogP contribution in [0.1, 0.15) is 19.3 Å². The number of aromatic nitrogens is 2. The zero-order valence-electron chi connectivity index (χ0n) is 14.7. The molecule has 1 aliphatic rings. The van der Waals surface area contributed by atoms with Gasteiger partial charge in [-0.2, -0.15) is 17.6 Å². The maximum absolute atomic E-state index is 12.9. The number of thiophene rings is 1. The Labute approximate surface area is 167 Å². The lowest BCUT2D eigenvalue weighted by Gasteiger charge is -2.26. The van der Waals surface area contributed by atoms with Crippen LogP contribution in [0.2, 0.25) is 4.34 Å². The minimum atomic E-state index is -3.78. The second kappa shape index (κ2) is 7.79. The molecule has 27 heavy (non-hydrogen) atoms. The molecule has 9 heteroatoms. The summed E-state index contributed by atoms with van der Waals surface area (Å²) in [5.74, 6) is 0.648. The first-order valence-corrected chi connectivity index (χ1v) is 11.5. The third-order valence-corrected chi connectivity index (χ3v) is 7.98. The maximum Gasteiger partial charge on any atom is 0.293 e. The van der Waals surface area contributed by atoms with Crippen LogP contribution in [0, 0.1) is 0 Å². The number of benzene rings is 1. The van der Waals surface area contributed by atoms with Crippen molar-refractivity contribution < 1.29 is 13.2 Å². The van der Waals surface area contributed by atoms with Crippen LogP contribution in [0.5, 0.6) is 5.75 Å². The highest BCUT2D eigenvalue weighted by Gasteiger charge is 2.23. The number of fused-ring (bicyclic) bond motifs is 1.